The normalized spacial score (nSPS) is 14.5. The number of rotatable bonds is 10. The van der Waals surface area contributed by atoms with Crippen LogP contribution in [0, 0.1) is 0 Å². The lowest BCUT2D eigenvalue weighted by atomic mass is 10.2. The van der Waals surface area contributed by atoms with E-state index in [-0.39, 0.29) is 5.91 Å². The number of nitrogens with one attached hydrogen (secondary N) is 1. The Morgan fingerprint density at radius 3 is 2.76 bits per heavy atom. The molecule has 7 heteroatoms. The highest BCUT2D eigenvalue weighted by molar-refractivity contribution is 7.99. The Labute approximate surface area is 181 Å². The number of amides is 1. The number of carbonyl (C=O) groups is 1. The van der Waals surface area contributed by atoms with Crippen molar-refractivity contribution >= 4 is 29.3 Å². The third kappa shape index (κ3) is 8.26. The molecule has 2 aromatic carbocycles. The van der Waals surface area contributed by atoms with Crippen LogP contribution in [0.2, 0.25) is 5.02 Å². The number of thioether (sulfide) groups is 1. The second-order valence-corrected chi connectivity index (χ2v) is 8.38. The van der Waals surface area contributed by atoms with Gasteiger partial charge in [0.15, 0.2) is 0 Å². The molecule has 156 valence electrons. The zero-order valence-electron chi connectivity index (χ0n) is 16.4. The molecule has 0 saturated carbocycles. The van der Waals surface area contributed by atoms with Crippen LogP contribution in [0.15, 0.2) is 53.4 Å². The van der Waals surface area contributed by atoms with Gasteiger partial charge in [-0.15, -0.1) is 11.8 Å². The molecule has 0 bridgehead atoms. The SMILES string of the molecule is O=C(CCSc1ccc(Cl)cc1)NCc1cccc(OCCN2CCOCC2)c1. The summed E-state index contributed by atoms with van der Waals surface area (Å²) < 4.78 is 11.2. The van der Waals surface area contributed by atoms with Crippen molar-refractivity contribution in [2.24, 2.45) is 0 Å². The van der Waals surface area contributed by atoms with Crippen molar-refractivity contribution in [3.8, 4) is 5.75 Å². The van der Waals surface area contributed by atoms with E-state index in [2.05, 4.69) is 10.2 Å². The predicted molar refractivity (Wildman–Crippen MR) is 118 cm³/mol. The number of benzene rings is 2. The molecule has 0 spiro atoms. The topological polar surface area (TPSA) is 50.8 Å². The van der Waals surface area contributed by atoms with Gasteiger partial charge in [0.1, 0.15) is 12.4 Å². The molecule has 1 N–H and O–H groups in total. The molecule has 0 aromatic heterocycles. The Morgan fingerprint density at radius 2 is 1.97 bits per heavy atom. The van der Waals surface area contributed by atoms with Crippen LogP contribution in [-0.2, 0) is 16.1 Å². The Morgan fingerprint density at radius 1 is 1.17 bits per heavy atom. The van der Waals surface area contributed by atoms with E-state index in [1.54, 1.807) is 11.8 Å². The van der Waals surface area contributed by atoms with Gasteiger partial charge in [-0.1, -0.05) is 23.7 Å². The van der Waals surface area contributed by atoms with Crippen LogP contribution in [0.5, 0.6) is 5.75 Å². The maximum atomic E-state index is 12.1. The van der Waals surface area contributed by atoms with E-state index in [9.17, 15) is 4.79 Å². The molecule has 3 rings (SSSR count). The van der Waals surface area contributed by atoms with Crippen molar-refractivity contribution in [2.45, 2.75) is 17.9 Å². The first kappa shape index (κ1) is 22.0. The standard InChI is InChI=1S/C22H27ClN2O3S/c23-19-4-6-21(7-5-19)29-15-8-22(26)24-17-18-2-1-3-20(16-18)28-14-11-25-9-12-27-13-10-25/h1-7,16H,8-15,17H2,(H,24,26). The molecule has 1 saturated heterocycles. The molecular formula is C22H27ClN2O3S. The Kier molecular flexibility index (Phi) is 9.15. The summed E-state index contributed by atoms with van der Waals surface area (Å²) in [7, 11) is 0. The minimum Gasteiger partial charge on any atom is -0.492 e. The van der Waals surface area contributed by atoms with Crippen molar-refractivity contribution in [3.05, 3.63) is 59.1 Å². The number of hydrogen-bond donors (Lipinski definition) is 1. The number of halogens is 1. The molecule has 1 heterocycles. The quantitative estimate of drug-likeness (QED) is 0.575. The number of ether oxygens (including phenoxy) is 2. The molecule has 5 nitrogen and oxygen atoms in total. The highest BCUT2D eigenvalue weighted by atomic mass is 35.5. The van der Waals surface area contributed by atoms with Gasteiger partial charge >= 0.3 is 0 Å². The molecule has 1 amide bonds. The van der Waals surface area contributed by atoms with E-state index in [1.807, 2.05) is 48.5 Å². The van der Waals surface area contributed by atoms with Gasteiger partial charge in [0, 0.05) is 48.3 Å². The van der Waals surface area contributed by atoms with Crippen molar-refractivity contribution < 1.29 is 14.3 Å². The Hall–Kier alpha value is -1.73. The number of hydrogen-bond acceptors (Lipinski definition) is 5. The molecule has 0 unspecified atom stereocenters. The van der Waals surface area contributed by atoms with Crippen LogP contribution in [0.25, 0.3) is 0 Å². The van der Waals surface area contributed by atoms with Gasteiger partial charge in [-0.2, -0.15) is 0 Å². The summed E-state index contributed by atoms with van der Waals surface area (Å²) in [5.74, 6) is 1.62. The number of morpholine rings is 1. The zero-order valence-corrected chi connectivity index (χ0v) is 18.0. The molecule has 1 fully saturated rings. The summed E-state index contributed by atoms with van der Waals surface area (Å²) in [5.41, 5.74) is 1.03. The van der Waals surface area contributed by atoms with E-state index < -0.39 is 0 Å². The first-order valence-electron chi connectivity index (χ1n) is 9.86. The van der Waals surface area contributed by atoms with Gasteiger partial charge in [0.25, 0.3) is 0 Å². The van der Waals surface area contributed by atoms with E-state index in [1.165, 1.54) is 0 Å². The average molecular weight is 435 g/mol. The average Bonchev–Trinajstić information content (AvgIpc) is 2.75. The minimum atomic E-state index is 0.0464. The summed E-state index contributed by atoms with van der Waals surface area (Å²) in [4.78, 5) is 15.6. The van der Waals surface area contributed by atoms with E-state index in [0.717, 1.165) is 59.8 Å². The highest BCUT2D eigenvalue weighted by Crippen LogP contribution is 2.21. The number of nitrogens with zero attached hydrogens (tertiary/aromatic N) is 1. The number of carbonyl (C=O) groups excluding carboxylic acids is 1. The molecule has 0 aliphatic carbocycles. The Balaban J connectivity index is 1.33. The van der Waals surface area contributed by atoms with Gasteiger partial charge in [-0.25, -0.2) is 0 Å². The Bertz CT molecular complexity index is 767. The summed E-state index contributed by atoms with van der Waals surface area (Å²) in [6, 6.07) is 15.6. The molecule has 29 heavy (non-hydrogen) atoms. The van der Waals surface area contributed by atoms with Crippen LogP contribution in [-0.4, -0.2) is 56.0 Å². The monoisotopic (exact) mass is 434 g/mol. The first-order valence-corrected chi connectivity index (χ1v) is 11.2. The van der Waals surface area contributed by atoms with E-state index >= 15 is 0 Å². The molecule has 0 atom stereocenters. The lowest BCUT2D eigenvalue weighted by molar-refractivity contribution is -0.120. The minimum absolute atomic E-state index is 0.0464. The molecular weight excluding hydrogens is 408 g/mol. The molecule has 0 radical (unpaired) electrons. The maximum absolute atomic E-state index is 12.1. The molecule has 1 aliphatic rings. The van der Waals surface area contributed by atoms with Crippen LogP contribution in [0.1, 0.15) is 12.0 Å². The van der Waals surface area contributed by atoms with E-state index in [0.29, 0.717) is 19.6 Å². The fourth-order valence-corrected chi connectivity index (χ4v) is 3.92. The zero-order chi connectivity index (χ0) is 20.3. The largest absolute Gasteiger partial charge is 0.492 e. The van der Waals surface area contributed by atoms with Crippen LogP contribution in [0.3, 0.4) is 0 Å². The maximum Gasteiger partial charge on any atom is 0.221 e. The lowest BCUT2D eigenvalue weighted by Gasteiger charge is -2.26. The lowest BCUT2D eigenvalue weighted by Crippen LogP contribution is -2.38. The van der Waals surface area contributed by atoms with Gasteiger partial charge in [0.2, 0.25) is 5.91 Å². The summed E-state index contributed by atoms with van der Waals surface area (Å²) in [6.45, 7) is 5.58. The fourth-order valence-electron chi connectivity index (χ4n) is 2.94. The summed E-state index contributed by atoms with van der Waals surface area (Å²) in [6.07, 6.45) is 0.475. The first-order chi connectivity index (χ1) is 14.2. The van der Waals surface area contributed by atoms with Gasteiger partial charge < -0.3 is 14.8 Å². The second-order valence-electron chi connectivity index (χ2n) is 6.78. The molecule has 2 aromatic rings. The van der Waals surface area contributed by atoms with Crippen molar-refractivity contribution in [1.29, 1.82) is 0 Å². The summed E-state index contributed by atoms with van der Waals surface area (Å²) in [5, 5.41) is 3.70. The smallest absolute Gasteiger partial charge is 0.221 e. The van der Waals surface area contributed by atoms with Gasteiger partial charge in [-0.3, -0.25) is 9.69 Å². The van der Waals surface area contributed by atoms with Crippen molar-refractivity contribution in [3.63, 3.8) is 0 Å². The fraction of sp³-hybridized carbons (Fsp3) is 0.409. The third-order valence-electron chi connectivity index (χ3n) is 4.58. The van der Waals surface area contributed by atoms with Gasteiger partial charge in [-0.05, 0) is 42.0 Å². The molecule has 1 aliphatic heterocycles. The van der Waals surface area contributed by atoms with Gasteiger partial charge in [0.05, 0.1) is 13.2 Å². The third-order valence-corrected chi connectivity index (χ3v) is 5.85. The highest BCUT2D eigenvalue weighted by Gasteiger charge is 2.10. The van der Waals surface area contributed by atoms with Crippen molar-refractivity contribution in [1.82, 2.24) is 10.2 Å². The van der Waals surface area contributed by atoms with Crippen LogP contribution in [0.4, 0.5) is 0 Å². The van der Waals surface area contributed by atoms with Crippen LogP contribution < -0.4 is 10.1 Å². The van der Waals surface area contributed by atoms with E-state index in [4.69, 9.17) is 21.1 Å². The summed E-state index contributed by atoms with van der Waals surface area (Å²) >= 11 is 7.53. The second kappa shape index (κ2) is 12.1. The van der Waals surface area contributed by atoms with Crippen molar-refractivity contribution in [2.75, 3.05) is 45.2 Å². The van der Waals surface area contributed by atoms with Crippen LogP contribution >= 0.6 is 23.4 Å². The predicted octanol–water partition coefficient (Wildman–Crippen LogP) is 3.85.